The summed E-state index contributed by atoms with van der Waals surface area (Å²) >= 11 is 0. The predicted octanol–water partition coefficient (Wildman–Crippen LogP) is 1.19. The van der Waals surface area contributed by atoms with Crippen molar-refractivity contribution in [2.75, 3.05) is 10.6 Å². The number of primary sulfonamides is 1. The molecule has 0 saturated heterocycles. The van der Waals surface area contributed by atoms with Crippen molar-refractivity contribution in [1.29, 1.82) is 0 Å². The van der Waals surface area contributed by atoms with Crippen LogP contribution in [0.2, 0.25) is 0 Å². The minimum Gasteiger partial charge on any atom is -0.318 e. The van der Waals surface area contributed by atoms with Crippen molar-refractivity contribution in [3.8, 4) is 0 Å². The summed E-state index contributed by atoms with van der Waals surface area (Å²) in [6.07, 6.45) is 0. The second kappa shape index (κ2) is 6.72. The van der Waals surface area contributed by atoms with Gasteiger partial charge in [0.1, 0.15) is 17.3 Å². The fourth-order valence-corrected chi connectivity index (χ4v) is 2.22. The molecule has 7 nitrogen and oxygen atoms in total. The quantitative estimate of drug-likeness (QED) is 0.717. The topological polar surface area (TPSA) is 118 Å². The summed E-state index contributed by atoms with van der Waals surface area (Å²) in [5.74, 6) is -4.56. The van der Waals surface area contributed by atoms with Crippen LogP contribution < -0.4 is 15.8 Å². The summed E-state index contributed by atoms with van der Waals surface area (Å²) in [5.41, 5.74) is -0.654. The molecule has 24 heavy (non-hydrogen) atoms. The highest BCUT2D eigenvalue weighted by molar-refractivity contribution is 7.89. The van der Waals surface area contributed by atoms with Gasteiger partial charge in [-0.05, 0) is 36.4 Å². The molecular formula is C14H11F2N3O4S. The molecule has 0 saturated carbocycles. The van der Waals surface area contributed by atoms with Crippen LogP contribution >= 0.6 is 0 Å². The Balaban J connectivity index is 2.08. The number of anilines is 2. The van der Waals surface area contributed by atoms with Gasteiger partial charge in [0.2, 0.25) is 10.0 Å². The van der Waals surface area contributed by atoms with E-state index in [2.05, 4.69) is 5.32 Å². The molecule has 2 amide bonds. The Kier molecular flexibility index (Phi) is 4.90. The summed E-state index contributed by atoms with van der Waals surface area (Å²) in [4.78, 5) is 23.2. The fourth-order valence-electron chi connectivity index (χ4n) is 1.70. The highest BCUT2D eigenvalue weighted by Crippen LogP contribution is 2.18. The Morgan fingerprint density at radius 2 is 1.38 bits per heavy atom. The van der Waals surface area contributed by atoms with Crippen LogP contribution in [-0.2, 0) is 19.6 Å². The van der Waals surface area contributed by atoms with E-state index in [1.807, 2.05) is 5.32 Å². The van der Waals surface area contributed by atoms with E-state index in [4.69, 9.17) is 5.14 Å². The van der Waals surface area contributed by atoms with Crippen LogP contribution in [0.15, 0.2) is 47.4 Å². The first-order valence-electron chi connectivity index (χ1n) is 6.37. The van der Waals surface area contributed by atoms with Gasteiger partial charge in [-0.3, -0.25) is 9.59 Å². The molecule has 0 aromatic heterocycles. The minimum atomic E-state index is -3.89. The largest absolute Gasteiger partial charge is 0.318 e. The first kappa shape index (κ1) is 17.5. The van der Waals surface area contributed by atoms with E-state index in [-0.39, 0.29) is 10.6 Å². The second-order valence-electron chi connectivity index (χ2n) is 4.57. The third-order valence-corrected chi connectivity index (χ3v) is 3.78. The van der Waals surface area contributed by atoms with Crippen molar-refractivity contribution in [1.82, 2.24) is 0 Å². The molecule has 0 bridgehead atoms. The van der Waals surface area contributed by atoms with Crippen molar-refractivity contribution >= 4 is 33.2 Å². The molecule has 4 N–H and O–H groups in total. The molecule has 10 heteroatoms. The number of rotatable bonds is 3. The van der Waals surface area contributed by atoms with Gasteiger partial charge in [-0.2, -0.15) is 0 Å². The Bertz CT molecular complexity index is 878. The maximum Gasteiger partial charge on any atom is 0.314 e. The lowest BCUT2D eigenvalue weighted by atomic mass is 10.3. The summed E-state index contributed by atoms with van der Waals surface area (Å²) in [6.45, 7) is 0. The zero-order chi connectivity index (χ0) is 17.9. The number of carbonyl (C=O) groups is 2. The Morgan fingerprint density at radius 1 is 0.875 bits per heavy atom. The molecule has 2 aromatic rings. The maximum absolute atomic E-state index is 13.4. The van der Waals surface area contributed by atoms with Crippen LogP contribution in [0, 0.1) is 11.6 Å². The second-order valence-corrected chi connectivity index (χ2v) is 6.14. The third kappa shape index (κ3) is 4.12. The number of nitrogens with one attached hydrogen (secondary N) is 2. The minimum absolute atomic E-state index is 0.0940. The normalized spacial score (nSPS) is 11.0. The molecule has 0 radical (unpaired) electrons. The van der Waals surface area contributed by atoms with Gasteiger partial charge in [0.05, 0.1) is 4.90 Å². The lowest BCUT2D eigenvalue weighted by Crippen LogP contribution is -2.29. The maximum atomic E-state index is 13.4. The standard InChI is InChI=1S/C14H11F2N3O4S/c15-10-2-1-3-11(16)12(10)19-14(21)13(20)18-8-4-6-9(7-5-8)24(17,22)23/h1-7H,(H,18,20)(H,19,21)(H2,17,22,23). The first-order chi connectivity index (χ1) is 11.2. The van der Waals surface area contributed by atoms with E-state index >= 15 is 0 Å². The van der Waals surface area contributed by atoms with Crippen LogP contribution in [0.5, 0.6) is 0 Å². The van der Waals surface area contributed by atoms with Crippen molar-refractivity contribution in [2.24, 2.45) is 5.14 Å². The van der Waals surface area contributed by atoms with Crippen molar-refractivity contribution < 1.29 is 26.8 Å². The number of amides is 2. The van der Waals surface area contributed by atoms with E-state index in [1.54, 1.807) is 0 Å². The molecule has 0 unspecified atom stereocenters. The van der Waals surface area contributed by atoms with E-state index in [9.17, 15) is 26.8 Å². The van der Waals surface area contributed by atoms with Gasteiger partial charge in [0.25, 0.3) is 0 Å². The zero-order valence-corrected chi connectivity index (χ0v) is 12.7. The molecular weight excluding hydrogens is 344 g/mol. The predicted molar refractivity (Wildman–Crippen MR) is 81.4 cm³/mol. The molecule has 0 aliphatic rings. The van der Waals surface area contributed by atoms with Gasteiger partial charge in [-0.1, -0.05) is 6.07 Å². The number of benzene rings is 2. The van der Waals surface area contributed by atoms with E-state index < -0.39 is 39.2 Å². The lowest BCUT2D eigenvalue weighted by Gasteiger charge is -2.08. The molecule has 0 spiro atoms. The number of para-hydroxylation sites is 1. The zero-order valence-electron chi connectivity index (χ0n) is 11.9. The first-order valence-corrected chi connectivity index (χ1v) is 7.92. The van der Waals surface area contributed by atoms with Crippen molar-refractivity contribution in [2.45, 2.75) is 4.90 Å². The third-order valence-electron chi connectivity index (χ3n) is 2.85. The number of nitrogens with two attached hydrogens (primary N) is 1. The van der Waals surface area contributed by atoms with Crippen LogP contribution in [0.1, 0.15) is 0 Å². The van der Waals surface area contributed by atoms with Crippen LogP contribution in [0.25, 0.3) is 0 Å². The van der Waals surface area contributed by atoms with Gasteiger partial charge < -0.3 is 10.6 Å². The van der Waals surface area contributed by atoms with Crippen LogP contribution in [-0.4, -0.2) is 20.2 Å². The van der Waals surface area contributed by atoms with Crippen molar-refractivity contribution in [3.05, 3.63) is 54.1 Å². The van der Waals surface area contributed by atoms with E-state index in [0.29, 0.717) is 0 Å². The lowest BCUT2D eigenvalue weighted by molar-refractivity contribution is -0.133. The average Bonchev–Trinajstić information content (AvgIpc) is 2.50. The highest BCUT2D eigenvalue weighted by Gasteiger charge is 2.18. The SMILES string of the molecule is NS(=O)(=O)c1ccc(NC(=O)C(=O)Nc2c(F)cccc2F)cc1. The molecule has 0 aliphatic carbocycles. The van der Waals surface area contributed by atoms with Crippen molar-refractivity contribution in [3.63, 3.8) is 0 Å². The smallest absolute Gasteiger partial charge is 0.314 e. The fraction of sp³-hybridized carbons (Fsp3) is 0. The summed E-state index contributed by atoms with van der Waals surface area (Å²) in [7, 11) is -3.89. The molecule has 2 rings (SSSR count). The molecule has 0 atom stereocenters. The van der Waals surface area contributed by atoms with Gasteiger partial charge in [-0.15, -0.1) is 0 Å². The molecule has 0 aliphatic heterocycles. The van der Waals surface area contributed by atoms with E-state index in [0.717, 1.165) is 30.3 Å². The van der Waals surface area contributed by atoms with Gasteiger partial charge in [-0.25, -0.2) is 22.3 Å². The van der Waals surface area contributed by atoms with E-state index in [1.165, 1.54) is 12.1 Å². The molecule has 0 heterocycles. The Morgan fingerprint density at radius 3 is 1.88 bits per heavy atom. The van der Waals surface area contributed by atoms with Crippen LogP contribution in [0.3, 0.4) is 0 Å². The molecule has 0 fully saturated rings. The summed E-state index contributed by atoms with van der Waals surface area (Å²) < 4.78 is 49.0. The highest BCUT2D eigenvalue weighted by atomic mass is 32.2. The number of halogens is 2. The summed E-state index contributed by atoms with van der Waals surface area (Å²) in [6, 6.07) is 7.60. The Labute approximate surface area is 135 Å². The number of hydrogen-bond donors (Lipinski definition) is 3. The number of hydrogen-bond acceptors (Lipinski definition) is 4. The van der Waals surface area contributed by atoms with Gasteiger partial charge in [0, 0.05) is 5.69 Å². The monoisotopic (exact) mass is 355 g/mol. The van der Waals surface area contributed by atoms with Crippen LogP contribution in [0.4, 0.5) is 20.2 Å². The van der Waals surface area contributed by atoms with Gasteiger partial charge in [0.15, 0.2) is 0 Å². The average molecular weight is 355 g/mol. The number of sulfonamides is 1. The Hall–Kier alpha value is -2.85. The van der Waals surface area contributed by atoms with Gasteiger partial charge >= 0.3 is 11.8 Å². The number of carbonyl (C=O) groups excluding carboxylic acids is 2. The molecule has 2 aromatic carbocycles. The summed E-state index contributed by atoms with van der Waals surface area (Å²) in [5, 5.41) is 8.89. The molecule has 126 valence electrons.